The molecule has 192 valence electrons. The van der Waals surface area contributed by atoms with E-state index in [0.717, 1.165) is 17.0 Å². The average Bonchev–Trinajstić information content (AvgIpc) is 3.08. The van der Waals surface area contributed by atoms with Gasteiger partial charge in [-0.3, -0.25) is 4.79 Å². The summed E-state index contributed by atoms with van der Waals surface area (Å²) in [5.74, 6) is -0.345. The second-order valence-corrected chi connectivity index (χ2v) is 8.17. The summed E-state index contributed by atoms with van der Waals surface area (Å²) in [6, 6.07) is 5.70. The highest BCUT2D eigenvalue weighted by Crippen LogP contribution is 2.34. The lowest BCUT2D eigenvalue weighted by Crippen LogP contribution is -2.45. The Balaban J connectivity index is 1.70. The van der Waals surface area contributed by atoms with Crippen molar-refractivity contribution in [2.24, 2.45) is 12.1 Å². The highest BCUT2D eigenvalue weighted by molar-refractivity contribution is 5.95. The number of aromatic nitrogens is 1. The van der Waals surface area contributed by atoms with E-state index < -0.39 is 23.9 Å². The number of nitrogens with one attached hydrogen (secondary N) is 3. The number of benzene rings is 1. The molecular formula is C25H31N5O6. The number of hydrogen-bond acceptors (Lipinski definition) is 7. The van der Waals surface area contributed by atoms with E-state index >= 15 is 0 Å². The lowest BCUT2D eigenvalue weighted by Gasteiger charge is -2.28. The molecular weight excluding hydrogens is 466 g/mol. The van der Waals surface area contributed by atoms with Crippen LogP contribution >= 0.6 is 0 Å². The Hall–Kier alpha value is -4.28. The van der Waals surface area contributed by atoms with Gasteiger partial charge in [0.15, 0.2) is 18.1 Å². The maximum atomic E-state index is 12.5. The summed E-state index contributed by atoms with van der Waals surface area (Å²) in [5.41, 5.74) is 6.74. The van der Waals surface area contributed by atoms with Gasteiger partial charge in [-0.2, -0.15) is 5.10 Å². The van der Waals surface area contributed by atoms with Crippen molar-refractivity contribution in [2.45, 2.75) is 33.7 Å². The van der Waals surface area contributed by atoms with E-state index in [1.807, 2.05) is 31.5 Å². The van der Waals surface area contributed by atoms with Crippen LogP contribution in [-0.2, 0) is 21.4 Å². The Morgan fingerprint density at radius 3 is 2.58 bits per heavy atom. The molecule has 1 atom stereocenters. The molecule has 1 aliphatic rings. The molecule has 1 aromatic carbocycles. The Labute approximate surface area is 209 Å². The van der Waals surface area contributed by atoms with Crippen LogP contribution < -0.4 is 25.5 Å². The summed E-state index contributed by atoms with van der Waals surface area (Å²) < 4.78 is 18.2. The fourth-order valence-corrected chi connectivity index (χ4v) is 3.77. The predicted octanol–water partition coefficient (Wildman–Crippen LogP) is 2.37. The number of allylic oxidation sites excluding steroid dienone is 1. The second kappa shape index (κ2) is 11.4. The van der Waals surface area contributed by atoms with Crippen LogP contribution in [0.3, 0.4) is 0 Å². The molecule has 11 nitrogen and oxygen atoms in total. The first kappa shape index (κ1) is 26.3. The molecule has 0 fully saturated rings. The number of carbonyl (C=O) groups is 3. The van der Waals surface area contributed by atoms with Gasteiger partial charge in [0.2, 0.25) is 0 Å². The van der Waals surface area contributed by atoms with Gasteiger partial charge in [-0.25, -0.2) is 15.0 Å². The zero-order chi connectivity index (χ0) is 26.4. The third-order valence-corrected chi connectivity index (χ3v) is 5.85. The van der Waals surface area contributed by atoms with Crippen LogP contribution in [-0.4, -0.2) is 49.0 Å². The highest BCUT2D eigenvalue weighted by atomic mass is 16.5. The smallest absolute Gasteiger partial charge is 0.338 e. The molecule has 3 rings (SSSR count). The van der Waals surface area contributed by atoms with Crippen LogP contribution in [0.4, 0.5) is 4.79 Å². The molecule has 36 heavy (non-hydrogen) atoms. The molecule has 0 radical (unpaired) electrons. The quantitative estimate of drug-likeness (QED) is 0.277. The number of hydrogen-bond donors (Lipinski definition) is 3. The van der Waals surface area contributed by atoms with Crippen LogP contribution in [0.5, 0.6) is 11.5 Å². The zero-order valence-corrected chi connectivity index (χ0v) is 21.2. The van der Waals surface area contributed by atoms with Gasteiger partial charge >= 0.3 is 12.0 Å². The first-order valence-corrected chi connectivity index (χ1v) is 11.4. The molecule has 0 unspecified atom stereocenters. The zero-order valence-electron chi connectivity index (χ0n) is 21.2. The monoisotopic (exact) mass is 497 g/mol. The summed E-state index contributed by atoms with van der Waals surface area (Å²) >= 11 is 0. The van der Waals surface area contributed by atoms with Crippen LogP contribution in [0.1, 0.15) is 42.4 Å². The summed E-state index contributed by atoms with van der Waals surface area (Å²) in [6.07, 6.45) is 1.58. The van der Waals surface area contributed by atoms with Gasteiger partial charge < -0.3 is 29.4 Å². The Morgan fingerprint density at radius 1 is 1.19 bits per heavy atom. The number of ether oxygens (including phenoxy) is 3. The minimum absolute atomic E-state index is 0.198. The van der Waals surface area contributed by atoms with Crippen molar-refractivity contribution in [2.75, 3.05) is 20.3 Å². The first-order valence-electron chi connectivity index (χ1n) is 11.4. The second-order valence-electron chi connectivity index (χ2n) is 8.17. The van der Waals surface area contributed by atoms with Crippen molar-refractivity contribution in [3.63, 3.8) is 0 Å². The number of methoxy groups -OCH3 is 1. The number of aryl methyl sites for hydroxylation is 1. The molecule has 2 heterocycles. The van der Waals surface area contributed by atoms with Gasteiger partial charge in [-0.1, -0.05) is 6.07 Å². The van der Waals surface area contributed by atoms with E-state index in [9.17, 15) is 14.4 Å². The molecule has 1 aliphatic heterocycles. The molecule has 0 spiro atoms. The Kier molecular flexibility index (Phi) is 8.36. The van der Waals surface area contributed by atoms with Crippen LogP contribution in [0.25, 0.3) is 0 Å². The summed E-state index contributed by atoms with van der Waals surface area (Å²) in [6.45, 7) is 7.20. The Bertz CT molecular complexity index is 1230. The molecule has 2 aromatic rings. The minimum Gasteiger partial charge on any atom is -0.493 e. The molecule has 0 aliphatic carbocycles. The lowest BCUT2D eigenvalue weighted by atomic mass is 9.95. The van der Waals surface area contributed by atoms with Crippen LogP contribution in [0, 0.1) is 13.8 Å². The third-order valence-electron chi connectivity index (χ3n) is 5.85. The Morgan fingerprint density at radius 2 is 1.94 bits per heavy atom. The van der Waals surface area contributed by atoms with E-state index in [4.69, 9.17) is 14.2 Å². The van der Waals surface area contributed by atoms with Crippen LogP contribution in [0.15, 0.2) is 40.6 Å². The molecule has 3 amide bonds. The molecule has 3 N–H and O–H groups in total. The first-order chi connectivity index (χ1) is 17.2. The van der Waals surface area contributed by atoms with Gasteiger partial charge in [0.25, 0.3) is 5.91 Å². The van der Waals surface area contributed by atoms with E-state index in [0.29, 0.717) is 22.8 Å². The number of nitrogens with zero attached hydrogens (tertiary/aromatic N) is 2. The maximum absolute atomic E-state index is 12.5. The minimum atomic E-state index is -0.747. The molecule has 0 saturated heterocycles. The summed E-state index contributed by atoms with van der Waals surface area (Å²) in [7, 11) is 3.41. The number of amides is 3. The van der Waals surface area contributed by atoms with Crippen molar-refractivity contribution in [3.05, 3.63) is 58.1 Å². The fourth-order valence-electron chi connectivity index (χ4n) is 3.77. The predicted molar refractivity (Wildman–Crippen MR) is 133 cm³/mol. The third kappa shape index (κ3) is 5.85. The van der Waals surface area contributed by atoms with Crippen molar-refractivity contribution in [1.29, 1.82) is 0 Å². The van der Waals surface area contributed by atoms with E-state index in [1.165, 1.54) is 7.11 Å². The largest absolute Gasteiger partial charge is 0.493 e. The van der Waals surface area contributed by atoms with E-state index in [-0.39, 0.29) is 18.8 Å². The van der Waals surface area contributed by atoms with Gasteiger partial charge in [-0.05, 0) is 51.5 Å². The average molecular weight is 498 g/mol. The number of carbonyl (C=O) groups excluding carboxylic acids is 3. The fraction of sp³-hybridized carbons (Fsp3) is 0.360. The maximum Gasteiger partial charge on any atom is 0.338 e. The molecule has 0 bridgehead atoms. The van der Waals surface area contributed by atoms with Gasteiger partial charge in [0, 0.05) is 29.7 Å². The van der Waals surface area contributed by atoms with Gasteiger partial charge in [0.05, 0.1) is 31.5 Å². The van der Waals surface area contributed by atoms with E-state index in [1.54, 1.807) is 38.3 Å². The van der Waals surface area contributed by atoms with Crippen molar-refractivity contribution < 1.29 is 28.6 Å². The topological polar surface area (TPSA) is 132 Å². The summed E-state index contributed by atoms with van der Waals surface area (Å²) in [5, 5.41) is 9.32. The lowest BCUT2D eigenvalue weighted by molar-refractivity contribution is -0.139. The molecule has 0 saturated carbocycles. The molecule has 1 aromatic heterocycles. The van der Waals surface area contributed by atoms with Gasteiger partial charge in [-0.15, -0.1) is 0 Å². The van der Waals surface area contributed by atoms with Gasteiger partial charge in [0.1, 0.15) is 0 Å². The molecule has 11 heteroatoms. The van der Waals surface area contributed by atoms with Crippen LogP contribution in [0.2, 0.25) is 0 Å². The van der Waals surface area contributed by atoms with Crippen molar-refractivity contribution >= 4 is 24.1 Å². The van der Waals surface area contributed by atoms with E-state index in [2.05, 4.69) is 21.2 Å². The number of hydrazone groups is 1. The number of urea groups is 1. The SMILES string of the molecule is CCOC(=O)C1=C(C)NC(=O)N[C@H]1c1ccc(OCC(=O)N/N=C\c2cc(C)n(C)c2C)c(OC)c1. The standard InChI is InChI=1S/C25H31N5O6/c1-7-35-24(32)22-15(3)27-25(33)28-23(22)17-8-9-19(20(11-17)34-6)36-13-21(31)29-26-12-18-10-14(2)30(5)16(18)4/h8-12,23H,7,13H2,1-6H3,(H,29,31)(H2,27,28,33)/b26-12-/t23-/m0/s1. The normalized spacial score (nSPS) is 15.4. The number of esters is 1. The van der Waals surface area contributed by atoms with Crippen molar-refractivity contribution in [3.8, 4) is 11.5 Å². The van der Waals surface area contributed by atoms with Crippen molar-refractivity contribution in [1.82, 2.24) is 20.6 Å². The number of rotatable bonds is 9. The summed E-state index contributed by atoms with van der Waals surface area (Å²) in [4.78, 5) is 36.8. The highest BCUT2D eigenvalue weighted by Gasteiger charge is 2.32.